The van der Waals surface area contributed by atoms with Gasteiger partial charge in [-0.15, -0.1) is 0 Å². The van der Waals surface area contributed by atoms with E-state index in [0.717, 1.165) is 41.5 Å². The van der Waals surface area contributed by atoms with E-state index in [1.165, 1.54) is 0 Å². The Morgan fingerprint density at radius 3 is 2.76 bits per heavy atom. The molecule has 6 rings (SSSR count). The summed E-state index contributed by atoms with van der Waals surface area (Å²) in [6.45, 7) is 4.33. The summed E-state index contributed by atoms with van der Waals surface area (Å²) >= 11 is 0. The number of nitrogens with one attached hydrogen (secondary N) is 2. The van der Waals surface area contributed by atoms with Crippen LogP contribution in [0.5, 0.6) is 5.75 Å². The number of likely N-dealkylation sites (tertiary alicyclic amines) is 1. The number of methoxy groups -OCH3 is 1. The number of rotatable bonds is 9. The highest BCUT2D eigenvalue weighted by molar-refractivity contribution is 5.84. The lowest BCUT2D eigenvalue weighted by molar-refractivity contribution is 0.0972. The van der Waals surface area contributed by atoms with Gasteiger partial charge in [0.2, 0.25) is 0 Å². The maximum absolute atomic E-state index is 15.6. The molecule has 1 saturated carbocycles. The van der Waals surface area contributed by atoms with Gasteiger partial charge in [0, 0.05) is 49.2 Å². The molecule has 0 spiro atoms. The van der Waals surface area contributed by atoms with E-state index in [9.17, 15) is 4.39 Å². The summed E-state index contributed by atoms with van der Waals surface area (Å²) in [5.41, 5.74) is 3.06. The third kappa shape index (κ3) is 4.56. The monoisotopic (exact) mass is 513 g/mol. The molecule has 6 nitrogen and oxygen atoms in total. The molecule has 9 heteroatoms. The lowest BCUT2D eigenvalue weighted by Crippen LogP contribution is -2.54. The van der Waals surface area contributed by atoms with Crippen LogP contribution in [0, 0.1) is 5.82 Å². The fourth-order valence-corrected chi connectivity index (χ4v) is 6.05. The SMILES string of the molecule is COc1cc(NC2CN(CCCF)C2)c(F)cc1C1c2ccc3[nH]ncc3c2C[C@@H](C)N1CC1(F)CC1. The van der Waals surface area contributed by atoms with Crippen LogP contribution in [0.25, 0.3) is 10.9 Å². The van der Waals surface area contributed by atoms with Crippen LogP contribution in [0.2, 0.25) is 0 Å². The van der Waals surface area contributed by atoms with Crippen LogP contribution in [0.1, 0.15) is 48.9 Å². The molecule has 3 aliphatic rings. The highest BCUT2D eigenvalue weighted by Gasteiger charge is 2.48. The van der Waals surface area contributed by atoms with Crippen LogP contribution in [-0.2, 0) is 6.42 Å². The molecule has 0 bridgehead atoms. The number of anilines is 1. The van der Waals surface area contributed by atoms with Crippen molar-refractivity contribution < 1.29 is 17.9 Å². The second-order valence-corrected chi connectivity index (χ2v) is 11.0. The summed E-state index contributed by atoms with van der Waals surface area (Å²) in [7, 11) is 1.59. The van der Waals surface area contributed by atoms with Gasteiger partial charge in [-0.1, -0.05) is 6.07 Å². The van der Waals surface area contributed by atoms with Crippen molar-refractivity contribution in [3.63, 3.8) is 0 Å². The summed E-state index contributed by atoms with van der Waals surface area (Å²) in [6, 6.07) is 7.15. The number of fused-ring (bicyclic) bond motifs is 3. The molecule has 2 fully saturated rings. The minimum Gasteiger partial charge on any atom is -0.496 e. The Kier molecular flexibility index (Phi) is 6.31. The number of halogens is 3. The Bertz CT molecular complexity index is 1290. The number of aromatic nitrogens is 2. The summed E-state index contributed by atoms with van der Waals surface area (Å²) in [5, 5.41) is 11.6. The van der Waals surface area contributed by atoms with Crippen molar-refractivity contribution in [2.24, 2.45) is 0 Å². The Labute approximate surface area is 215 Å². The maximum atomic E-state index is 15.6. The molecule has 0 radical (unpaired) electrons. The average Bonchev–Trinajstić information content (AvgIpc) is 3.38. The van der Waals surface area contributed by atoms with Gasteiger partial charge in [-0.2, -0.15) is 5.10 Å². The number of aromatic amines is 1. The van der Waals surface area contributed by atoms with Crippen LogP contribution in [-0.4, -0.2) is 77.7 Å². The van der Waals surface area contributed by atoms with E-state index in [0.29, 0.717) is 49.4 Å². The van der Waals surface area contributed by atoms with E-state index in [1.54, 1.807) is 19.2 Å². The first kappa shape index (κ1) is 24.6. The van der Waals surface area contributed by atoms with E-state index in [-0.39, 0.29) is 30.6 Å². The molecule has 2 atom stereocenters. The van der Waals surface area contributed by atoms with Gasteiger partial charge in [0.15, 0.2) is 0 Å². The normalized spacial score (nSPS) is 23.6. The molecule has 3 heterocycles. The molecular weight excluding hydrogens is 479 g/mol. The molecule has 2 N–H and O–H groups in total. The smallest absolute Gasteiger partial charge is 0.146 e. The second-order valence-electron chi connectivity index (χ2n) is 11.0. The largest absolute Gasteiger partial charge is 0.496 e. The van der Waals surface area contributed by atoms with Crippen molar-refractivity contribution in [2.75, 3.05) is 45.3 Å². The number of alkyl halides is 2. The Balaban J connectivity index is 1.36. The number of ether oxygens (including phenoxy) is 1. The fraction of sp³-hybridized carbons (Fsp3) is 0.536. The zero-order valence-corrected chi connectivity index (χ0v) is 21.4. The van der Waals surface area contributed by atoms with Crippen LogP contribution in [0.15, 0.2) is 30.5 Å². The van der Waals surface area contributed by atoms with Gasteiger partial charge in [-0.25, -0.2) is 8.78 Å². The quantitative estimate of drug-likeness (QED) is 0.422. The minimum absolute atomic E-state index is 0.0575. The maximum Gasteiger partial charge on any atom is 0.146 e. The lowest BCUT2D eigenvalue weighted by Gasteiger charge is -2.43. The summed E-state index contributed by atoms with van der Waals surface area (Å²) < 4.78 is 49.0. The standard InChI is InChI=1S/C28H34F3N5O/c1-17-10-20-19(4-5-24-22(20)13-32-34-24)27(36(17)16-28(31)6-7-28)21-11-23(30)25(12-26(21)37-2)33-18-14-35(15-18)9-3-8-29/h4-5,11-13,17-18,27,33H,3,6-10,14-16H2,1-2H3,(H,32,34)/t17-,27?/m1/s1. The minimum atomic E-state index is -1.19. The molecule has 1 saturated heterocycles. The Hall–Kier alpha value is -2.78. The summed E-state index contributed by atoms with van der Waals surface area (Å²) in [6.07, 6.45) is 4.26. The molecule has 2 aliphatic heterocycles. The van der Waals surface area contributed by atoms with Gasteiger partial charge in [0.25, 0.3) is 0 Å². The van der Waals surface area contributed by atoms with Crippen molar-refractivity contribution in [1.82, 2.24) is 20.0 Å². The van der Waals surface area contributed by atoms with E-state index >= 15 is 8.78 Å². The molecular formula is C28H34F3N5O. The van der Waals surface area contributed by atoms with E-state index in [2.05, 4.69) is 38.3 Å². The van der Waals surface area contributed by atoms with Crippen LogP contribution >= 0.6 is 0 Å². The average molecular weight is 514 g/mol. The lowest BCUT2D eigenvalue weighted by atomic mass is 9.83. The highest BCUT2D eigenvalue weighted by Crippen LogP contribution is 2.48. The Morgan fingerprint density at radius 1 is 1.22 bits per heavy atom. The van der Waals surface area contributed by atoms with Gasteiger partial charge >= 0.3 is 0 Å². The molecule has 1 unspecified atom stereocenters. The molecule has 1 aromatic heterocycles. The van der Waals surface area contributed by atoms with Gasteiger partial charge in [-0.05, 0) is 55.9 Å². The highest BCUT2D eigenvalue weighted by atomic mass is 19.1. The zero-order valence-electron chi connectivity index (χ0n) is 21.4. The van der Waals surface area contributed by atoms with Crippen LogP contribution in [0.4, 0.5) is 18.9 Å². The zero-order chi connectivity index (χ0) is 25.7. The topological polar surface area (TPSA) is 56.4 Å². The van der Waals surface area contributed by atoms with Gasteiger partial charge in [-0.3, -0.25) is 19.3 Å². The number of hydrogen-bond donors (Lipinski definition) is 2. The predicted octanol–water partition coefficient (Wildman–Crippen LogP) is 5.00. The predicted molar refractivity (Wildman–Crippen MR) is 138 cm³/mol. The second kappa shape index (κ2) is 9.51. The van der Waals surface area contributed by atoms with Crippen LogP contribution < -0.4 is 10.1 Å². The third-order valence-electron chi connectivity index (χ3n) is 8.26. The van der Waals surface area contributed by atoms with Gasteiger partial charge in [0.1, 0.15) is 17.2 Å². The third-order valence-corrected chi connectivity index (χ3v) is 8.26. The van der Waals surface area contributed by atoms with Crippen LogP contribution in [0.3, 0.4) is 0 Å². The molecule has 3 aromatic rings. The van der Waals surface area contributed by atoms with E-state index in [4.69, 9.17) is 4.74 Å². The fourth-order valence-electron chi connectivity index (χ4n) is 6.05. The first-order valence-corrected chi connectivity index (χ1v) is 13.2. The number of benzene rings is 2. The first-order valence-electron chi connectivity index (χ1n) is 13.2. The summed E-state index contributed by atoms with van der Waals surface area (Å²) in [4.78, 5) is 4.33. The summed E-state index contributed by atoms with van der Waals surface area (Å²) in [5.74, 6) is 0.215. The molecule has 2 aromatic carbocycles. The number of H-pyrrole nitrogens is 1. The van der Waals surface area contributed by atoms with E-state index in [1.807, 2.05) is 12.3 Å². The van der Waals surface area contributed by atoms with Crippen molar-refractivity contribution in [3.8, 4) is 5.75 Å². The number of hydrogen-bond acceptors (Lipinski definition) is 5. The van der Waals surface area contributed by atoms with Crippen molar-refractivity contribution >= 4 is 16.6 Å². The molecule has 37 heavy (non-hydrogen) atoms. The first-order chi connectivity index (χ1) is 17.9. The van der Waals surface area contributed by atoms with Crippen molar-refractivity contribution in [1.29, 1.82) is 0 Å². The van der Waals surface area contributed by atoms with Gasteiger partial charge < -0.3 is 10.1 Å². The van der Waals surface area contributed by atoms with Gasteiger partial charge in [0.05, 0.1) is 43.3 Å². The number of nitrogens with zero attached hydrogens (tertiary/aromatic N) is 3. The van der Waals surface area contributed by atoms with Crippen molar-refractivity contribution in [3.05, 3.63) is 53.0 Å². The molecule has 1 aliphatic carbocycles. The van der Waals surface area contributed by atoms with E-state index < -0.39 is 5.67 Å². The van der Waals surface area contributed by atoms with Crippen molar-refractivity contribution in [2.45, 2.75) is 56.4 Å². The Morgan fingerprint density at radius 2 is 2.03 bits per heavy atom. The molecule has 198 valence electrons. The molecule has 0 amide bonds.